The lowest BCUT2D eigenvalue weighted by Crippen LogP contribution is -2.47. The number of rotatable bonds is 6. The van der Waals surface area contributed by atoms with E-state index in [9.17, 15) is 14.4 Å². The Morgan fingerprint density at radius 1 is 1.11 bits per heavy atom. The number of amides is 1. The molecule has 148 valence electrons. The van der Waals surface area contributed by atoms with Crippen molar-refractivity contribution in [3.8, 4) is 0 Å². The molecule has 2 aromatic rings. The van der Waals surface area contributed by atoms with Gasteiger partial charge < -0.3 is 10.1 Å². The third-order valence-electron chi connectivity index (χ3n) is 5.23. The molecule has 1 aliphatic carbocycles. The Morgan fingerprint density at radius 2 is 1.86 bits per heavy atom. The van der Waals surface area contributed by atoms with Gasteiger partial charge in [-0.05, 0) is 41.5 Å². The van der Waals surface area contributed by atoms with Crippen LogP contribution in [-0.4, -0.2) is 29.8 Å². The SMILES string of the molecule is CC(C)[C@H](NC(=O)Cc1cccc2ccccc12)C(=O)O[C@H]1CCCCC1=O. The topological polar surface area (TPSA) is 72.5 Å². The Morgan fingerprint density at radius 3 is 2.61 bits per heavy atom. The van der Waals surface area contributed by atoms with E-state index in [0.717, 1.165) is 29.2 Å². The quantitative estimate of drug-likeness (QED) is 0.777. The first-order valence-electron chi connectivity index (χ1n) is 9.95. The van der Waals surface area contributed by atoms with E-state index in [1.807, 2.05) is 56.3 Å². The number of esters is 1. The first-order valence-corrected chi connectivity index (χ1v) is 9.95. The van der Waals surface area contributed by atoms with Crippen LogP contribution in [0.15, 0.2) is 42.5 Å². The highest BCUT2D eigenvalue weighted by Crippen LogP contribution is 2.20. The van der Waals surface area contributed by atoms with Crippen molar-refractivity contribution in [1.29, 1.82) is 0 Å². The largest absolute Gasteiger partial charge is 0.453 e. The summed E-state index contributed by atoms with van der Waals surface area (Å²) in [5.41, 5.74) is 0.911. The number of hydrogen-bond acceptors (Lipinski definition) is 4. The van der Waals surface area contributed by atoms with Crippen LogP contribution in [0.5, 0.6) is 0 Å². The van der Waals surface area contributed by atoms with Crippen LogP contribution < -0.4 is 5.32 Å². The van der Waals surface area contributed by atoms with Gasteiger partial charge in [0.2, 0.25) is 5.91 Å². The molecule has 0 unspecified atom stereocenters. The second-order valence-electron chi connectivity index (χ2n) is 7.74. The molecule has 0 aromatic heterocycles. The Balaban J connectivity index is 1.67. The highest BCUT2D eigenvalue weighted by Gasteiger charge is 2.31. The third kappa shape index (κ3) is 4.77. The van der Waals surface area contributed by atoms with E-state index in [-0.39, 0.29) is 24.0 Å². The number of carbonyl (C=O) groups is 3. The van der Waals surface area contributed by atoms with Gasteiger partial charge in [0.05, 0.1) is 6.42 Å². The minimum atomic E-state index is -0.766. The molecule has 0 heterocycles. The number of Topliss-reactive ketones (excluding diaryl/α,β-unsaturated/α-hetero) is 1. The van der Waals surface area contributed by atoms with Crippen LogP contribution in [0, 0.1) is 5.92 Å². The molecule has 0 aliphatic heterocycles. The van der Waals surface area contributed by atoms with E-state index in [2.05, 4.69) is 5.32 Å². The van der Waals surface area contributed by atoms with Crippen LogP contribution >= 0.6 is 0 Å². The molecule has 0 spiro atoms. The van der Waals surface area contributed by atoms with Gasteiger partial charge in [-0.15, -0.1) is 0 Å². The van der Waals surface area contributed by atoms with E-state index < -0.39 is 18.1 Å². The van der Waals surface area contributed by atoms with Crippen LogP contribution in [0.1, 0.15) is 45.1 Å². The number of hydrogen-bond donors (Lipinski definition) is 1. The maximum absolute atomic E-state index is 12.6. The summed E-state index contributed by atoms with van der Waals surface area (Å²) in [6.07, 6.45) is 2.26. The summed E-state index contributed by atoms with van der Waals surface area (Å²) >= 11 is 0. The molecule has 1 N–H and O–H groups in total. The molecular weight excluding hydrogens is 354 g/mol. The van der Waals surface area contributed by atoms with Gasteiger partial charge in [-0.2, -0.15) is 0 Å². The van der Waals surface area contributed by atoms with Crippen molar-refractivity contribution < 1.29 is 19.1 Å². The van der Waals surface area contributed by atoms with Gasteiger partial charge >= 0.3 is 5.97 Å². The van der Waals surface area contributed by atoms with Crippen molar-refractivity contribution in [3.05, 3.63) is 48.0 Å². The van der Waals surface area contributed by atoms with Crippen LogP contribution in [0.2, 0.25) is 0 Å². The summed E-state index contributed by atoms with van der Waals surface area (Å²) in [7, 11) is 0. The lowest BCUT2D eigenvalue weighted by molar-refractivity contribution is -0.160. The van der Waals surface area contributed by atoms with Crippen molar-refractivity contribution >= 4 is 28.4 Å². The van der Waals surface area contributed by atoms with Gasteiger partial charge in [-0.3, -0.25) is 9.59 Å². The predicted octanol–water partition coefficient (Wildman–Crippen LogP) is 3.58. The summed E-state index contributed by atoms with van der Waals surface area (Å²) in [5.74, 6) is -0.921. The first-order chi connectivity index (χ1) is 13.5. The fraction of sp³-hybridized carbons (Fsp3) is 0.435. The number of benzene rings is 2. The number of fused-ring (bicyclic) bond motifs is 1. The summed E-state index contributed by atoms with van der Waals surface area (Å²) in [6, 6.07) is 13.0. The smallest absolute Gasteiger partial charge is 0.329 e. The van der Waals surface area contributed by atoms with Crippen molar-refractivity contribution in [2.24, 2.45) is 5.92 Å². The van der Waals surface area contributed by atoms with Crippen molar-refractivity contribution in [2.75, 3.05) is 0 Å². The molecule has 0 bridgehead atoms. The van der Waals surface area contributed by atoms with Crippen LogP contribution in [0.25, 0.3) is 10.8 Å². The lowest BCUT2D eigenvalue weighted by Gasteiger charge is -2.26. The molecule has 1 amide bonds. The Labute approximate surface area is 165 Å². The van der Waals surface area contributed by atoms with Crippen molar-refractivity contribution in [3.63, 3.8) is 0 Å². The van der Waals surface area contributed by atoms with E-state index >= 15 is 0 Å². The third-order valence-corrected chi connectivity index (χ3v) is 5.23. The number of nitrogens with one attached hydrogen (secondary N) is 1. The normalized spacial score (nSPS) is 18.1. The molecule has 0 radical (unpaired) electrons. The van der Waals surface area contributed by atoms with Crippen LogP contribution in [0.4, 0.5) is 0 Å². The summed E-state index contributed by atoms with van der Waals surface area (Å²) in [6.45, 7) is 3.71. The highest BCUT2D eigenvalue weighted by molar-refractivity contribution is 5.92. The molecule has 0 saturated heterocycles. The maximum Gasteiger partial charge on any atom is 0.329 e. The zero-order valence-electron chi connectivity index (χ0n) is 16.4. The zero-order valence-corrected chi connectivity index (χ0v) is 16.4. The van der Waals surface area contributed by atoms with Gasteiger partial charge in [-0.1, -0.05) is 56.3 Å². The zero-order chi connectivity index (χ0) is 20.1. The van der Waals surface area contributed by atoms with Crippen molar-refractivity contribution in [2.45, 2.75) is 58.1 Å². The second kappa shape index (κ2) is 9.00. The van der Waals surface area contributed by atoms with E-state index in [1.54, 1.807) is 0 Å². The Kier molecular flexibility index (Phi) is 6.45. The van der Waals surface area contributed by atoms with E-state index in [0.29, 0.717) is 12.8 Å². The van der Waals surface area contributed by atoms with Crippen molar-refractivity contribution in [1.82, 2.24) is 5.32 Å². The summed E-state index contributed by atoms with van der Waals surface area (Å²) in [5, 5.41) is 4.91. The van der Waals surface area contributed by atoms with Gasteiger partial charge in [0, 0.05) is 6.42 Å². The molecule has 1 saturated carbocycles. The van der Waals surface area contributed by atoms with Gasteiger partial charge in [0.25, 0.3) is 0 Å². The fourth-order valence-corrected chi connectivity index (χ4v) is 3.63. The van der Waals surface area contributed by atoms with Gasteiger partial charge in [-0.25, -0.2) is 4.79 Å². The average molecular weight is 381 g/mol. The summed E-state index contributed by atoms with van der Waals surface area (Å²) < 4.78 is 5.45. The lowest BCUT2D eigenvalue weighted by atomic mass is 9.96. The standard InChI is InChI=1S/C23H27NO4/c1-15(2)22(23(27)28-20-13-6-5-12-19(20)25)24-21(26)14-17-10-7-9-16-8-3-4-11-18(16)17/h3-4,7-11,15,20,22H,5-6,12-14H2,1-2H3,(H,24,26)/t20-,22-/m0/s1. The monoisotopic (exact) mass is 381 g/mol. The van der Waals surface area contributed by atoms with E-state index in [4.69, 9.17) is 4.74 Å². The van der Waals surface area contributed by atoms with Crippen LogP contribution in [-0.2, 0) is 25.5 Å². The first kappa shape index (κ1) is 20.1. The maximum atomic E-state index is 12.6. The fourth-order valence-electron chi connectivity index (χ4n) is 3.63. The molecule has 28 heavy (non-hydrogen) atoms. The number of ether oxygens (including phenoxy) is 1. The second-order valence-corrected chi connectivity index (χ2v) is 7.74. The minimum absolute atomic E-state index is 0.0239. The molecule has 3 rings (SSSR count). The average Bonchev–Trinajstić information content (AvgIpc) is 2.68. The highest BCUT2D eigenvalue weighted by atomic mass is 16.5. The molecule has 5 heteroatoms. The Hall–Kier alpha value is -2.69. The van der Waals surface area contributed by atoms with Crippen LogP contribution in [0.3, 0.4) is 0 Å². The van der Waals surface area contributed by atoms with Gasteiger partial charge in [0.15, 0.2) is 11.9 Å². The van der Waals surface area contributed by atoms with E-state index in [1.165, 1.54) is 0 Å². The molecule has 2 aromatic carbocycles. The predicted molar refractivity (Wildman–Crippen MR) is 108 cm³/mol. The minimum Gasteiger partial charge on any atom is -0.453 e. The summed E-state index contributed by atoms with van der Waals surface area (Å²) in [4.78, 5) is 37.2. The molecular formula is C23H27NO4. The Bertz CT molecular complexity index is 869. The molecule has 2 atom stereocenters. The van der Waals surface area contributed by atoms with Gasteiger partial charge in [0.1, 0.15) is 6.04 Å². The molecule has 5 nitrogen and oxygen atoms in total. The molecule has 1 fully saturated rings. The number of ketones is 1. The number of carbonyl (C=O) groups excluding carboxylic acids is 3. The molecule has 1 aliphatic rings.